The molecule has 1 heterocycles. The summed E-state index contributed by atoms with van der Waals surface area (Å²) in [6, 6.07) is 0.662. The van der Waals surface area contributed by atoms with E-state index in [0.717, 1.165) is 13.0 Å². The Bertz CT molecular complexity index is 377. The second-order valence-electron chi connectivity index (χ2n) is 6.43. The van der Waals surface area contributed by atoms with Crippen molar-refractivity contribution in [3.63, 3.8) is 0 Å². The van der Waals surface area contributed by atoms with Crippen LogP contribution >= 0.6 is 0 Å². The van der Waals surface area contributed by atoms with Gasteiger partial charge in [0.1, 0.15) is 0 Å². The first kappa shape index (κ1) is 14.6. The molecule has 1 unspecified atom stereocenters. The summed E-state index contributed by atoms with van der Waals surface area (Å²) in [5.41, 5.74) is 1.88. The number of nitrogens with zero attached hydrogens (tertiary/aromatic N) is 2. The Morgan fingerprint density at radius 1 is 1.42 bits per heavy atom. The molecule has 1 N–H and O–H groups in total. The van der Waals surface area contributed by atoms with Crippen LogP contribution in [0.3, 0.4) is 0 Å². The summed E-state index contributed by atoms with van der Waals surface area (Å²) in [6.45, 7) is 5.88. The fourth-order valence-electron chi connectivity index (χ4n) is 3.46. The van der Waals surface area contributed by atoms with Crippen molar-refractivity contribution in [2.24, 2.45) is 12.5 Å². The molecule has 0 amide bonds. The Kier molecular flexibility index (Phi) is 5.03. The molecule has 0 bridgehead atoms. The molecule has 1 aliphatic rings. The van der Waals surface area contributed by atoms with E-state index in [-0.39, 0.29) is 0 Å². The van der Waals surface area contributed by atoms with E-state index >= 15 is 0 Å². The van der Waals surface area contributed by atoms with Crippen LogP contribution < -0.4 is 5.32 Å². The maximum Gasteiger partial charge on any atom is 0.0521 e. The summed E-state index contributed by atoms with van der Waals surface area (Å²) in [7, 11) is 1.99. The van der Waals surface area contributed by atoms with Gasteiger partial charge in [-0.15, -0.1) is 0 Å². The highest BCUT2D eigenvalue weighted by Crippen LogP contribution is 2.41. The van der Waals surface area contributed by atoms with Gasteiger partial charge >= 0.3 is 0 Å². The van der Waals surface area contributed by atoms with E-state index in [0.29, 0.717) is 11.5 Å². The van der Waals surface area contributed by atoms with Gasteiger partial charge in [0.15, 0.2) is 0 Å². The molecule has 1 aromatic heterocycles. The summed E-state index contributed by atoms with van der Waals surface area (Å²) < 4.78 is 1.90. The minimum Gasteiger partial charge on any atom is -0.313 e. The molecule has 1 atom stereocenters. The molecular weight excluding hydrogens is 234 g/mol. The van der Waals surface area contributed by atoms with Crippen LogP contribution in [0.25, 0.3) is 0 Å². The van der Waals surface area contributed by atoms with Crippen molar-refractivity contribution in [1.29, 1.82) is 0 Å². The first-order valence-corrected chi connectivity index (χ1v) is 7.85. The van der Waals surface area contributed by atoms with Gasteiger partial charge in [0, 0.05) is 19.3 Å². The van der Waals surface area contributed by atoms with Crippen LogP contribution in [0.5, 0.6) is 0 Å². The molecule has 0 aromatic carbocycles. The lowest BCUT2D eigenvalue weighted by Gasteiger charge is -2.35. The van der Waals surface area contributed by atoms with Crippen molar-refractivity contribution in [1.82, 2.24) is 15.1 Å². The molecule has 0 spiro atoms. The zero-order valence-corrected chi connectivity index (χ0v) is 12.8. The minimum absolute atomic E-state index is 0.511. The number of rotatable bonds is 7. The third-order valence-corrected chi connectivity index (χ3v) is 4.71. The van der Waals surface area contributed by atoms with E-state index in [1.54, 1.807) is 0 Å². The summed E-state index contributed by atoms with van der Waals surface area (Å²) in [5.74, 6) is 0. The summed E-state index contributed by atoms with van der Waals surface area (Å²) >= 11 is 0. The highest BCUT2D eigenvalue weighted by Gasteiger charge is 2.36. The molecule has 2 rings (SSSR count). The van der Waals surface area contributed by atoms with Crippen LogP contribution in [0.4, 0.5) is 0 Å². The van der Waals surface area contributed by atoms with Gasteiger partial charge < -0.3 is 5.32 Å². The van der Waals surface area contributed by atoms with Crippen LogP contribution in [0.15, 0.2) is 12.4 Å². The maximum absolute atomic E-state index is 4.27. The Balaban J connectivity index is 1.93. The Morgan fingerprint density at radius 2 is 2.16 bits per heavy atom. The topological polar surface area (TPSA) is 29.9 Å². The van der Waals surface area contributed by atoms with Gasteiger partial charge in [-0.05, 0) is 49.6 Å². The number of hydrogen-bond donors (Lipinski definition) is 1. The summed E-state index contributed by atoms with van der Waals surface area (Å²) in [4.78, 5) is 0. The molecular formula is C16H29N3. The van der Waals surface area contributed by atoms with Crippen LogP contribution in [-0.4, -0.2) is 22.4 Å². The summed E-state index contributed by atoms with van der Waals surface area (Å²) in [5, 5.41) is 8.07. The molecule has 19 heavy (non-hydrogen) atoms. The molecule has 0 radical (unpaired) electrons. The molecule has 0 saturated heterocycles. The zero-order chi connectivity index (χ0) is 13.7. The SMILES string of the molecule is CCCNC(CCc1cnn(C)c1)C1(C)CCCC1. The van der Waals surface area contributed by atoms with Gasteiger partial charge in [0.2, 0.25) is 0 Å². The second kappa shape index (κ2) is 6.56. The number of aromatic nitrogens is 2. The number of nitrogens with one attached hydrogen (secondary N) is 1. The van der Waals surface area contributed by atoms with Crippen LogP contribution in [0.1, 0.15) is 57.9 Å². The highest BCUT2D eigenvalue weighted by molar-refractivity contribution is 5.05. The summed E-state index contributed by atoms with van der Waals surface area (Å²) in [6.07, 6.45) is 13.4. The second-order valence-corrected chi connectivity index (χ2v) is 6.43. The van der Waals surface area contributed by atoms with Gasteiger partial charge in [-0.25, -0.2) is 0 Å². The van der Waals surface area contributed by atoms with Gasteiger partial charge in [0.25, 0.3) is 0 Å². The minimum atomic E-state index is 0.511. The smallest absolute Gasteiger partial charge is 0.0521 e. The monoisotopic (exact) mass is 263 g/mol. The first-order chi connectivity index (χ1) is 9.14. The van der Waals surface area contributed by atoms with Gasteiger partial charge in [0.05, 0.1) is 6.20 Å². The lowest BCUT2D eigenvalue weighted by atomic mass is 9.78. The molecule has 1 fully saturated rings. The van der Waals surface area contributed by atoms with Crippen LogP contribution in [0, 0.1) is 5.41 Å². The van der Waals surface area contributed by atoms with E-state index in [1.807, 2.05) is 17.9 Å². The Hall–Kier alpha value is -0.830. The van der Waals surface area contributed by atoms with Crippen molar-refractivity contribution in [2.45, 2.75) is 64.8 Å². The molecule has 108 valence electrons. The maximum atomic E-state index is 4.27. The third-order valence-electron chi connectivity index (χ3n) is 4.71. The van der Waals surface area contributed by atoms with Gasteiger partial charge in [-0.2, -0.15) is 5.10 Å². The molecule has 1 aliphatic carbocycles. The van der Waals surface area contributed by atoms with Crippen LogP contribution in [0.2, 0.25) is 0 Å². The third kappa shape index (κ3) is 3.82. The molecule has 1 saturated carbocycles. The van der Waals surface area contributed by atoms with Crippen molar-refractivity contribution in [2.75, 3.05) is 6.54 Å². The van der Waals surface area contributed by atoms with Crippen molar-refractivity contribution in [3.8, 4) is 0 Å². The van der Waals surface area contributed by atoms with Gasteiger partial charge in [-0.1, -0.05) is 26.7 Å². The van der Waals surface area contributed by atoms with E-state index in [2.05, 4.69) is 30.5 Å². The average Bonchev–Trinajstić information content (AvgIpc) is 2.99. The predicted molar refractivity (Wildman–Crippen MR) is 80.2 cm³/mol. The van der Waals surface area contributed by atoms with Crippen LogP contribution in [-0.2, 0) is 13.5 Å². The zero-order valence-electron chi connectivity index (χ0n) is 12.8. The van der Waals surface area contributed by atoms with Crippen molar-refractivity contribution in [3.05, 3.63) is 18.0 Å². The average molecular weight is 263 g/mol. The Labute approximate surface area is 117 Å². The lowest BCUT2D eigenvalue weighted by Crippen LogP contribution is -2.42. The van der Waals surface area contributed by atoms with Crippen molar-refractivity contribution >= 4 is 0 Å². The van der Waals surface area contributed by atoms with Gasteiger partial charge in [-0.3, -0.25) is 4.68 Å². The fraction of sp³-hybridized carbons (Fsp3) is 0.812. The number of aryl methyl sites for hydroxylation is 2. The van der Waals surface area contributed by atoms with E-state index in [1.165, 1.54) is 44.1 Å². The standard InChI is InChI=1S/C16H29N3/c1-4-11-17-15(16(2)9-5-6-10-16)8-7-14-12-18-19(3)13-14/h12-13,15,17H,4-11H2,1-3H3. The van der Waals surface area contributed by atoms with E-state index < -0.39 is 0 Å². The molecule has 3 nitrogen and oxygen atoms in total. The molecule has 0 aliphatic heterocycles. The predicted octanol–water partition coefficient (Wildman–Crippen LogP) is 3.30. The molecule has 3 heteroatoms. The fourth-order valence-corrected chi connectivity index (χ4v) is 3.46. The quantitative estimate of drug-likeness (QED) is 0.818. The van der Waals surface area contributed by atoms with E-state index in [4.69, 9.17) is 0 Å². The normalized spacial score (nSPS) is 19.7. The lowest BCUT2D eigenvalue weighted by molar-refractivity contribution is 0.210. The first-order valence-electron chi connectivity index (χ1n) is 7.85. The largest absolute Gasteiger partial charge is 0.313 e. The Morgan fingerprint density at radius 3 is 2.74 bits per heavy atom. The van der Waals surface area contributed by atoms with E-state index in [9.17, 15) is 0 Å². The number of hydrogen-bond acceptors (Lipinski definition) is 2. The molecule has 1 aromatic rings. The highest BCUT2D eigenvalue weighted by atomic mass is 15.2. The van der Waals surface area contributed by atoms with Crippen molar-refractivity contribution < 1.29 is 0 Å².